The number of likely N-dealkylation sites (tertiary alicyclic amines) is 1. The van der Waals surface area contributed by atoms with E-state index in [-0.39, 0.29) is 23.5 Å². The summed E-state index contributed by atoms with van der Waals surface area (Å²) in [5.74, 6) is 0.267. The highest BCUT2D eigenvalue weighted by Gasteiger charge is 2.27. The number of nitrogens with one attached hydrogen (secondary N) is 1. The molecule has 4 rings (SSSR count). The van der Waals surface area contributed by atoms with E-state index in [2.05, 4.69) is 11.4 Å². The number of hydrogen-bond donors (Lipinski definition) is 1. The van der Waals surface area contributed by atoms with Crippen LogP contribution in [0.15, 0.2) is 60.2 Å². The van der Waals surface area contributed by atoms with Crippen LogP contribution in [-0.2, 0) is 9.59 Å². The Bertz CT molecular complexity index is 979. The molecule has 32 heavy (non-hydrogen) atoms. The molecule has 1 fully saturated rings. The topological polar surface area (TPSA) is 58.6 Å². The van der Waals surface area contributed by atoms with E-state index in [9.17, 15) is 14.0 Å². The molecule has 0 atom stereocenters. The number of ether oxygens (including phenoxy) is 1. The molecule has 0 bridgehead atoms. The number of para-hydroxylation sites is 1. The molecule has 168 valence electrons. The first-order valence-electron chi connectivity index (χ1n) is 11.4. The van der Waals surface area contributed by atoms with Crippen molar-refractivity contribution in [2.45, 2.75) is 44.9 Å². The largest absolute Gasteiger partial charge is 0.454 e. The van der Waals surface area contributed by atoms with Crippen LogP contribution in [0.1, 0.15) is 44.9 Å². The Kier molecular flexibility index (Phi) is 7.20. The number of hydrogen-bond acceptors (Lipinski definition) is 3. The zero-order chi connectivity index (χ0) is 22.3. The van der Waals surface area contributed by atoms with Gasteiger partial charge in [0.25, 0.3) is 0 Å². The number of allylic oxidation sites excluding steroid dienone is 1. The molecule has 6 heteroatoms. The Hall–Kier alpha value is -3.15. The summed E-state index contributed by atoms with van der Waals surface area (Å²) in [5, 5.41) is 2.94. The molecule has 0 radical (unpaired) electrons. The van der Waals surface area contributed by atoms with E-state index in [0.717, 1.165) is 12.8 Å². The van der Waals surface area contributed by atoms with Gasteiger partial charge in [-0.15, -0.1) is 0 Å². The van der Waals surface area contributed by atoms with Gasteiger partial charge in [0.1, 0.15) is 5.75 Å². The molecule has 5 nitrogen and oxygen atoms in total. The molecular weight excluding hydrogens is 407 g/mol. The minimum atomic E-state index is -0.426. The van der Waals surface area contributed by atoms with Crippen molar-refractivity contribution in [2.75, 3.05) is 18.4 Å². The monoisotopic (exact) mass is 436 g/mol. The summed E-state index contributed by atoms with van der Waals surface area (Å²) < 4.78 is 19.3. The van der Waals surface area contributed by atoms with Crippen molar-refractivity contribution in [1.29, 1.82) is 0 Å². The predicted octanol–water partition coefficient (Wildman–Crippen LogP) is 5.69. The van der Waals surface area contributed by atoms with Gasteiger partial charge in [-0.2, -0.15) is 0 Å². The van der Waals surface area contributed by atoms with E-state index in [1.165, 1.54) is 24.5 Å². The Morgan fingerprint density at radius 2 is 1.78 bits per heavy atom. The number of nitrogens with zero attached hydrogens (tertiary/aromatic N) is 1. The summed E-state index contributed by atoms with van der Waals surface area (Å²) in [4.78, 5) is 27.1. The summed E-state index contributed by atoms with van der Waals surface area (Å²) in [6, 6.07) is 13.1. The van der Waals surface area contributed by atoms with Crippen LogP contribution in [0, 0.1) is 11.7 Å². The van der Waals surface area contributed by atoms with E-state index < -0.39 is 5.82 Å². The van der Waals surface area contributed by atoms with Gasteiger partial charge in [-0.05, 0) is 74.9 Å². The fourth-order valence-corrected chi connectivity index (χ4v) is 4.27. The second-order valence-corrected chi connectivity index (χ2v) is 8.49. The third kappa shape index (κ3) is 5.75. The SMILES string of the molecule is O=C(Nc1ccc(Oc2ccccc2F)cc1)C1CCN(C(=O)CC2=CCCCC2)CC1. The molecule has 0 unspecified atom stereocenters. The van der Waals surface area contributed by atoms with Gasteiger partial charge in [-0.25, -0.2) is 4.39 Å². The minimum Gasteiger partial charge on any atom is -0.454 e. The summed E-state index contributed by atoms with van der Waals surface area (Å²) in [6.45, 7) is 1.25. The van der Waals surface area contributed by atoms with Gasteiger partial charge in [0.2, 0.25) is 11.8 Å². The predicted molar refractivity (Wildman–Crippen MR) is 122 cm³/mol. The molecule has 1 saturated heterocycles. The number of halogens is 1. The summed E-state index contributed by atoms with van der Waals surface area (Å²) in [7, 11) is 0. The van der Waals surface area contributed by atoms with Crippen molar-refractivity contribution in [1.82, 2.24) is 4.90 Å². The first kappa shape index (κ1) is 22.1. The highest BCUT2D eigenvalue weighted by atomic mass is 19.1. The second-order valence-electron chi connectivity index (χ2n) is 8.49. The van der Waals surface area contributed by atoms with Crippen molar-refractivity contribution in [3.8, 4) is 11.5 Å². The second kappa shape index (κ2) is 10.4. The highest BCUT2D eigenvalue weighted by Crippen LogP contribution is 2.27. The molecule has 2 aliphatic rings. The zero-order valence-corrected chi connectivity index (χ0v) is 18.2. The van der Waals surface area contributed by atoms with Gasteiger partial charge in [0.15, 0.2) is 11.6 Å². The van der Waals surface area contributed by atoms with E-state index >= 15 is 0 Å². The van der Waals surface area contributed by atoms with Gasteiger partial charge >= 0.3 is 0 Å². The quantitative estimate of drug-likeness (QED) is 0.592. The third-order valence-electron chi connectivity index (χ3n) is 6.17. The van der Waals surface area contributed by atoms with Crippen molar-refractivity contribution < 1.29 is 18.7 Å². The van der Waals surface area contributed by atoms with Crippen LogP contribution in [0.2, 0.25) is 0 Å². The molecular formula is C26H29FN2O3. The molecule has 1 aliphatic carbocycles. The first-order valence-corrected chi connectivity index (χ1v) is 11.4. The van der Waals surface area contributed by atoms with E-state index in [1.807, 2.05) is 4.90 Å². The lowest BCUT2D eigenvalue weighted by molar-refractivity contribution is -0.133. The molecule has 0 spiro atoms. The van der Waals surface area contributed by atoms with Crippen LogP contribution in [0.3, 0.4) is 0 Å². The Balaban J connectivity index is 1.24. The Morgan fingerprint density at radius 3 is 2.47 bits per heavy atom. The number of piperidine rings is 1. The molecule has 2 amide bonds. The van der Waals surface area contributed by atoms with Gasteiger partial charge in [-0.1, -0.05) is 23.8 Å². The fourth-order valence-electron chi connectivity index (χ4n) is 4.27. The van der Waals surface area contributed by atoms with Crippen LogP contribution in [0.4, 0.5) is 10.1 Å². The van der Waals surface area contributed by atoms with Gasteiger partial charge in [0.05, 0.1) is 0 Å². The Morgan fingerprint density at radius 1 is 1.03 bits per heavy atom. The molecule has 1 heterocycles. The summed E-state index contributed by atoms with van der Waals surface area (Å²) >= 11 is 0. The van der Waals surface area contributed by atoms with Crippen molar-refractivity contribution >= 4 is 17.5 Å². The smallest absolute Gasteiger partial charge is 0.227 e. The molecule has 0 aromatic heterocycles. The lowest BCUT2D eigenvalue weighted by atomic mass is 9.94. The molecule has 2 aromatic carbocycles. The van der Waals surface area contributed by atoms with E-state index in [4.69, 9.17) is 4.74 Å². The van der Waals surface area contributed by atoms with Crippen LogP contribution >= 0.6 is 0 Å². The van der Waals surface area contributed by atoms with Gasteiger partial charge < -0.3 is 15.0 Å². The zero-order valence-electron chi connectivity index (χ0n) is 18.2. The number of rotatable bonds is 6. The van der Waals surface area contributed by atoms with Crippen molar-refractivity contribution in [2.24, 2.45) is 5.92 Å². The van der Waals surface area contributed by atoms with Crippen LogP contribution in [0.25, 0.3) is 0 Å². The summed E-state index contributed by atoms with van der Waals surface area (Å²) in [6.07, 6.45) is 8.61. The molecule has 1 aliphatic heterocycles. The average Bonchev–Trinajstić information content (AvgIpc) is 2.82. The van der Waals surface area contributed by atoms with Crippen LogP contribution < -0.4 is 10.1 Å². The first-order chi connectivity index (χ1) is 15.6. The van der Waals surface area contributed by atoms with E-state index in [0.29, 0.717) is 43.8 Å². The number of amides is 2. The summed E-state index contributed by atoms with van der Waals surface area (Å²) in [5.41, 5.74) is 1.93. The fraction of sp³-hybridized carbons (Fsp3) is 0.385. The average molecular weight is 437 g/mol. The van der Waals surface area contributed by atoms with Crippen LogP contribution in [0.5, 0.6) is 11.5 Å². The lowest BCUT2D eigenvalue weighted by Crippen LogP contribution is -2.41. The Labute approximate surface area is 188 Å². The van der Waals surface area contributed by atoms with Crippen LogP contribution in [-0.4, -0.2) is 29.8 Å². The van der Waals surface area contributed by atoms with Crippen molar-refractivity contribution in [3.05, 3.63) is 66.0 Å². The highest BCUT2D eigenvalue weighted by molar-refractivity contribution is 5.92. The van der Waals surface area contributed by atoms with Gasteiger partial charge in [0, 0.05) is 31.1 Å². The maximum Gasteiger partial charge on any atom is 0.227 e. The standard InChI is InChI=1S/C26H29FN2O3/c27-23-8-4-5-9-24(23)32-22-12-10-21(11-13-22)28-26(31)20-14-16-29(17-15-20)25(30)18-19-6-2-1-3-7-19/h4-6,8-13,20H,1-3,7,14-18H2,(H,28,31). The van der Waals surface area contributed by atoms with Gasteiger partial charge in [-0.3, -0.25) is 9.59 Å². The molecule has 1 N–H and O–H groups in total. The normalized spacial score (nSPS) is 16.9. The van der Waals surface area contributed by atoms with E-state index in [1.54, 1.807) is 42.5 Å². The lowest BCUT2D eigenvalue weighted by Gasteiger charge is -2.32. The maximum atomic E-state index is 13.7. The number of anilines is 1. The number of carbonyl (C=O) groups excluding carboxylic acids is 2. The van der Waals surface area contributed by atoms with Crippen molar-refractivity contribution in [3.63, 3.8) is 0 Å². The molecule has 0 saturated carbocycles. The molecule has 2 aromatic rings. The number of carbonyl (C=O) groups is 2. The third-order valence-corrected chi connectivity index (χ3v) is 6.17. The maximum absolute atomic E-state index is 13.7. The number of benzene rings is 2. The minimum absolute atomic E-state index is 0.0325.